The summed E-state index contributed by atoms with van der Waals surface area (Å²) in [5, 5.41) is 0.165. The van der Waals surface area contributed by atoms with Gasteiger partial charge in [0.15, 0.2) is 0 Å². The third-order valence-corrected chi connectivity index (χ3v) is 4.19. The van der Waals surface area contributed by atoms with Crippen LogP contribution >= 0.6 is 0 Å². The van der Waals surface area contributed by atoms with Crippen LogP contribution in [0.25, 0.3) is 22.3 Å². The van der Waals surface area contributed by atoms with E-state index in [1.165, 1.54) is 42.7 Å². The van der Waals surface area contributed by atoms with Gasteiger partial charge in [-0.05, 0) is 13.0 Å². The largest absolute Gasteiger partial charge is 0.447 e. The van der Waals surface area contributed by atoms with Crippen LogP contribution in [0.4, 0.5) is 13.2 Å². The number of fused-ring (bicyclic) bond motifs is 1. The molecule has 10 heteroatoms. The van der Waals surface area contributed by atoms with Crippen molar-refractivity contribution in [2.45, 2.75) is 19.2 Å². The molecule has 1 atom stereocenters. The number of nitrogens with one attached hydrogen (secondary N) is 2. The molecule has 1 aromatic carbocycles. The number of nitrogens with zero attached hydrogens (tertiary/aromatic N) is 3. The number of pyridine rings is 1. The lowest BCUT2D eigenvalue weighted by Crippen LogP contribution is -2.27. The van der Waals surface area contributed by atoms with Crippen molar-refractivity contribution in [3.63, 3.8) is 0 Å². The normalized spacial score (nSPS) is 12.8. The molecular weight excluding hydrogens is 387 g/mol. The number of hydrogen-bond acceptors (Lipinski definition) is 5. The zero-order valence-electron chi connectivity index (χ0n) is 15.0. The van der Waals surface area contributed by atoms with E-state index >= 15 is 0 Å². The molecule has 148 valence electrons. The average molecular weight is 401 g/mol. The maximum atomic E-state index is 13.6. The van der Waals surface area contributed by atoms with E-state index in [-0.39, 0.29) is 22.2 Å². The molecule has 0 bridgehead atoms. The second-order valence-corrected chi connectivity index (χ2v) is 6.26. The number of ether oxygens (including phenoxy) is 1. The number of imidazole rings is 1. The van der Waals surface area contributed by atoms with E-state index in [1.807, 2.05) is 0 Å². The van der Waals surface area contributed by atoms with Crippen LogP contribution in [0.5, 0.6) is 6.01 Å². The SMILES string of the molecule is Cc1ncc(-c2nccc3c(=O)[nH]c(O[C@H](c4ccccc4)C(F)(F)F)nc23)[nH]1. The molecule has 0 saturated carbocycles. The second-order valence-electron chi connectivity index (χ2n) is 6.26. The van der Waals surface area contributed by atoms with Crippen molar-refractivity contribution in [1.29, 1.82) is 0 Å². The monoisotopic (exact) mass is 401 g/mol. The fourth-order valence-electron chi connectivity index (χ4n) is 2.90. The molecule has 3 heterocycles. The number of rotatable bonds is 4. The summed E-state index contributed by atoms with van der Waals surface area (Å²) >= 11 is 0. The first-order valence-electron chi connectivity index (χ1n) is 8.52. The van der Waals surface area contributed by atoms with Gasteiger partial charge in [0, 0.05) is 11.8 Å². The van der Waals surface area contributed by atoms with E-state index in [0.717, 1.165) is 0 Å². The molecule has 0 fully saturated rings. The van der Waals surface area contributed by atoms with Crippen LogP contribution < -0.4 is 10.3 Å². The molecule has 4 aromatic rings. The lowest BCUT2D eigenvalue weighted by atomic mass is 10.1. The zero-order chi connectivity index (χ0) is 20.6. The van der Waals surface area contributed by atoms with Crippen molar-refractivity contribution in [1.82, 2.24) is 24.9 Å². The zero-order valence-corrected chi connectivity index (χ0v) is 15.0. The van der Waals surface area contributed by atoms with Gasteiger partial charge in [-0.2, -0.15) is 18.2 Å². The summed E-state index contributed by atoms with van der Waals surface area (Å²) in [6.07, 6.45) is -4.09. The van der Waals surface area contributed by atoms with Crippen molar-refractivity contribution in [2.24, 2.45) is 0 Å². The van der Waals surface area contributed by atoms with Crippen LogP contribution in [0.2, 0.25) is 0 Å². The summed E-state index contributed by atoms with van der Waals surface area (Å²) in [4.78, 5) is 30.1. The number of halogens is 3. The summed E-state index contributed by atoms with van der Waals surface area (Å²) < 4.78 is 45.9. The molecule has 2 N–H and O–H groups in total. The molecule has 0 aliphatic rings. The Morgan fingerprint density at radius 1 is 1.07 bits per heavy atom. The number of benzene rings is 1. The Kier molecular flexibility index (Phi) is 4.53. The van der Waals surface area contributed by atoms with E-state index in [9.17, 15) is 18.0 Å². The molecule has 0 unspecified atom stereocenters. The number of aromatic amines is 2. The minimum atomic E-state index is -4.72. The summed E-state index contributed by atoms with van der Waals surface area (Å²) in [5.41, 5.74) is 0.107. The standard InChI is InChI=1S/C19H14F3N5O2/c1-10-24-9-13(25-10)15-14-12(7-8-23-15)17(28)27-18(26-14)29-16(19(20,21)22)11-5-3-2-4-6-11/h2-9,16H,1H3,(H,24,25)(H,26,27,28)/t16-/m1/s1. The van der Waals surface area contributed by atoms with E-state index in [2.05, 4.69) is 24.9 Å². The van der Waals surface area contributed by atoms with Crippen LogP contribution in [0.3, 0.4) is 0 Å². The molecule has 29 heavy (non-hydrogen) atoms. The molecule has 0 spiro atoms. The summed E-state index contributed by atoms with van der Waals surface area (Å²) in [6.45, 7) is 1.73. The van der Waals surface area contributed by atoms with Gasteiger partial charge in [0.1, 0.15) is 17.0 Å². The Balaban J connectivity index is 1.83. The predicted molar refractivity (Wildman–Crippen MR) is 98.3 cm³/mol. The Hall–Kier alpha value is -3.69. The first-order valence-corrected chi connectivity index (χ1v) is 8.52. The van der Waals surface area contributed by atoms with Gasteiger partial charge in [-0.3, -0.25) is 14.8 Å². The van der Waals surface area contributed by atoms with Gasteiger partial charge >= 0.3 is 6.18 Å². The second kappa shape index (κ2) is 7.04. The minimum absolute atomic E-state index is 0.101. The van der Waals surface area contributed by atoms with Crippen molar-refractivity contribution in [2.75, 3.05) is 0 Å². The van der Waals surface area contributed by atoms with Crippen molar-refractivity contribution in [3.05, 3.63) is 70.5 Å². The first-order chi connectivity index (χ1) is 13.8. The smallest absolute Gasteiger partial charge is 0.429 e. The van der Waals surface area contributed by atoms with Crippen molar-refractivity contribution in [3.8, 4) is 17.4 Å². The van der Waals surface area contributed by atoms with Gasteiger partial charge < -0.3 is 9.72 Å². The highest BCUT2D eigenvalue weighted by Crippen LogP contribution is 2.36. The Labute approximate surface area is 161 Å². The molecule has 0 aliphatic heterocycles. The topological polar surface area (TPSA) is 96.6 Å². The highest BCUT2D eigenvalue weighted by molar-refractivity contribution is 5.89. The number of hydrogen-bond donors (Lipinski definition) is 2. The summed E-state index contributed by atoms with van der Waals surface area (Å²) in [5.74, 6) is 0.612. The minimum Gasteiger partial charge on any atom is -0.447 e. The van der Waals surface area contributed by atoms with E-state index in [0.29, 0.717) is 11.5 Å². The maximum Gasteiger partial charge on any atom is 0.429 e. The highest BCUT2D eigenvalue weighted by atomic mass is 19.4. The third kappa shape index (κ3) is 3.68. The van der Waals surface area contributed by atoms with E-state index in [1.54, 1.807) is 13.0 Å². The molecular formula is C19H14F3N5O2. The molecule has 0 aliphatic carbocycles. The van der Waals surface area contributed by atoms with Gasteiger partial charge in [0.25, 0.3) is 11.6 Å². The Morgan fingerprint density at radius 3 is 2.48 bits per heavy atom. The fraction of sp³-hybridized carbons (Fsp3) is 0.158. The molecule has 7 nitrogen and oxygen atoms in total. The number of H-pyrrole nitrogens is 2. The average Bonchev–Trinajstić information content (AvgIpc) is 3.12. The van der Waals surface area contributed by atoms with E-state index < -0.39 is 23.8 Å². The van der Waals surface area contributed by atoms with Gasteiger partial charge in [0.2, 0.25) is 6.10 Å². The third-order valence-electron chi connectivity index (χ3n) is 4.19. The van der Waals surface area contributed by atoms with Gasteiger partial charge in [-0.15, -0.1) is 0 Å². The highest BCUT2D eigenvalue weighted by Gasteiger charge is 2.43. The van der Waals surface area contributed by atoms with Crippen LogP contribution in [0.1, 0.15) is 17.5 Å². The number of aromatic nitrogens is 5. The lowest BCUT2D eigenvalue weighted by Gasteiger charge is -2.21. The van der Waals surface area contributed by atoms with Crippen molar-refractivity contribution < 1.29 is 17.9 Å². The molecule has 3 aromatic heterocycles. The quantitative estimate of drug-likeness (QED) is 0.544. The molecule has 0 amide bonds. The fourth-order valence-corrected chi connectivity index (χ4v) is 2.90. The number of alkyl halides is 3. The van der Waals surface area contributed by atoms with Crippen LogP contribution in [0.15, 0.2) is 53.6 Å². The number of aryl methyl sites for hydroxylation is 1. The predicted octanol–water partition coefficient (Wildman–Crippen LogP) is 3.70. The summed E-state index contributed by atoms with van der Waals surface area (Å²) in [7, 11) is 0. The Bertz CT molecular complexity index is 1220. The van der Waals surface area contributed by atoms with Crippen LogP contribution in [-0.2, 0) is 0 Å². The maximum absolute atomic E-state index is 13.6. The Morgan fingerprint density at radius 2 is 1.83 bits per heavy atom. The van der Waals surface area contributed by atoms with Gasteiger partial charge in [-0.25, -0.2) is 4.98 Å². The molecule has 4 rings (SSSR count). The summed E-state index contributed by atoms with van der Waals surface area (Å²) in [6, 6.07) is 7.98. The first kappa shape index (κ1) is 18.7. The lowest BCUT2D eigenvalue weighted by molar-refractivity contribution is -0.199. The molecule has 0 saturated heterocycles. The van der Waals surface area contributed by atoms with Crippen molar-refractivity contribution >= 4 is 10.9 Å². The van der Waals surface area contributed by atoms with Crippen LogP contribution in [0, 0.1) is 6.92 Å². The molecule has 0 radical (unpaired) electrons. The van der Waals surface area contributed by atoms with Gasteiger partial charge in [-0.1, -0.05) is 30.3 Å². The van der Waals surface area contributed by atoms with E-state index in [4.69, 9.17) is 4.74 Å². The van der Waals surface area contributed by atoms with Gasteiger partial charge in [0.05, 0.1) is 17.3 Å². The van der Waals surface area contributed by atoms with Crippen LogP contribution in [-0.4, -0.2) is 31.1 Å².